The molecule has 16 heavy (non-hydrogen) atoms. The lowest BCUT2D eigenvalue weighted by Gasteiger charge is -2.21. The van der Waals surface area contributed by atoms with E-state index in [9.17, 15) is 4.79 Å². The molecule has 1 heterocycles. The van der Waals surface area contributed by atoms with Gasteiger partial charge in [0.15, 0.2) is 0 Å². The highest BCUT2D eigenvalue weighted by Crippen LogP contribution is 2.19. The Morgan fingerprint density at radius 3 is 3.00 bits per heavy atom. The summed E-state index contributed by atoms with van der Waals surface area (Å²) in [4.78, 5) is 11.3. The van der Waals surface area contributed by atoms with Crippen LogP contribution in [-0.4, -0.2) is 42.8 Å². The number of nitrogens with two attached hydrogens (primary N) is 1. The first kappa shape index (κ1) is 13.8. The molecule has 0 saturated carbocycles. The third kappa shape index (κ3) is 4.31. The molecular weight excluding hydrogens is 226 g/mol. The summed E-state index contributed by atoms with van der Waals surface area (Å²) < 4.78 is 10.2. The molecule has 2 N–H and O–H groups in total. The fourth-order valence-electron chi connectivity index (χ4n) is 1.61. The normalized spacial score (nSPS) is 24.1. The highest BCUT2D eigenvalue weighted by Gasteiger charge is 2.28. The molecule has 2 atom stereocenters. The number of rotatable bonds is 6. The molecule has 0 aromatic rings. The summed E-state index contributed by atoms with van der Waals surface area (Å²) in [5.41, 5.74) is 4.98. The molecule has 4 nitrogen and oxygen atoms in total. The molecule has 0 radical (unpaired) electrons. The first-order valence-corrected chi connectivity index (χ1v) is 6.78. The lowest BCUT2D eigenvalue weighted by molar-refractivity contribution is -0.146. The van der Waals surface area contributed by atoms with Gasteiger partial charge < -0.3 is 15.2 Å². The Morgan fingerprint density at radius 1 is 1.69 bits per heavy atom. The first-order valence-electron chi connectivity index (χ1n) is 5.63. The van der Waals surface area contributed by atoms with Crippen LogP contribution in [0.15, 0.2) is 0 Å². The fourth-order valence-corrected chi connectivity index (χ4v) is 2.87. The van der Waals surface area contributed by atoms with Gasteiger partial charge >= 0.3 is 5.97 Å². The van der Waals surface area contributed by atoms with Crippen LogP contribution in [0.25, 0.3) is 0 Å². The zero-order valence-electron chi connectivity index (χ0n) is 10.0. The number of methoxy groups -OCH3 is 1. The Hall–Kier alpha value is -0.260. The van der Waals surface area contributed by atoms with Crippen molar-refractivity contribution >= 4 is 17.7 Å². The van der Waals surface area contributed by atoms with E-state index in [0.29, 0.717) is 12.5 Å². The van der Waals surface area contributed by atoms with Crippen molar-refractivity contribution in [2.75, 3.05) is 25.2 Å². The van der Waals surface area contributed by atoms with Gasteiger partial charge in [-0.1, -0.05) is 0 Å². The zero-order valence-corrected chi connectivity index (χ0v) is 10.8. The van der Waals surface area contributed by atoms with Crippen LogP contribution in [0.2, 0.25) is 0 Å². The molecule has 0 spiro atoms. The number of esters is 1. The molecule has 1 fully saturated rings. The largest absolute Gasteiger partial charge is 0.468 e. The monoisotopic (exact) mass is 247 g/mol. The number of ether oxygens (including phenoxy) is 2. The SMILES string of the molecule is COC(=O)C(C)(N)CCSCC1CCCO1. The molecule has 94 valence electrons. The van der Waals surface area contributed by atoms with Gasteiger partial charge in [-0.05, 0) is 31.9 Å². The molecule has 1 aliphatic heterocycles. The highest BCUT2D eigenvalue weighted by atomic mass is 32.2. The standard InChI is InChI=1S/C11H21NO3S/c1-11(12,10(13)14-2)5-7-16-8-9-4-3-6-15-9/h9H,3-8,12H2,1-2H3. The van der Waals surface area contributed by atoms with Crippen molar-refractivity contribution in [2.45, 2.75) is 37.8 Å². The summed E-state index contributed by atoms with van der Waals surface area (Å²) in [6.07, 6.45) is 3.36. The van der Waals surface area contributed by atoms with Crippen molar-refractivity contribution in [3.63, 3.8) is 0 Å². The summed E-state index contributed by atoms with van der Waals surface area (Å²) in [7, 11) is 1.37. The number of carbonyl (C=O) groups excluding carboxylic acids is 1. The van der Waals surface area contributed by atoms with Gasteiger partial charge in [0.2, 0.25) is 0 Å². The van der Waals surface area contributed by atoms with Crippen LogP contribution in [0.4, 0.5) is 0 Å². The van der Waals surface area contributed by atoms with Crippen molar-refractivity contribution < 1.29 is 14.3 Å². The molecule has 0 amide bonds. The lowest BCUT2D eigenvalue weighted by atomic mass is 10.0. The molecule has 0 aliphatic carbocycles. The van der Waals surface area contributed by atoms with E-state index in [1.165, 1.54) is 13.5 Å². The van der Waals surface area contributed by atoms with E-state index in [-0.39, 0.29) is 5.97 Å². The van der Waals surface area contributed by atoms with Gasteiger partial charge in [-0.3, -0.25) is 4.79 Å². The van der Waals surface area contributed by atoms with Crippen LogP contribution in [0.1, 0.15) is 26.2 Å². The van der Waals surface area contributed by atoms with E-state index in [0.717, 1.165) is 24.5 Å². The Morgan fingerprint density at radius 2 is 2.44 bits per heavy atom. The Labute approximate surface area is 101 Å². The summed E-state index contributed by atoms with van der Waals surface area (Å²) in [6.45, 7) is 2.60. The molecular formula is C11H21NO3S. The van der Waals surface area contributed by atoms with Crippen LogP contribution in [0, 0.1) is 0 Å². The van der Waals surface area contributed by atoms with E-state index < -0.39 is 5.54 Å². The van der Waals surface area contributed by atoms with E-state index >= 15 is 0 Å². The summed E-state index contributed by atoms with van der Waals surface area (Å²) >= 11 is 1.79. The Balaban J connectivity index is 2.11. The number of thioether (sulfide) groups is 1. The highest BCUT2D eigenvalue weighted by molar-refractivity contribution is 7.99. The van der Waals surface area contributed by atoms with E-state index in [1.54, 1.807) is 18.7 Å². The van der Waals surface area contributed by atoms with Gasteiger partial charge in [-0.25, -0.2) is 0 Å². The lowest BCUT2D eigenvalue weighted by Crippen LogP contribution is -2.46. The van der Waals surface area contributed by atoms with Crippen LogP contribution in [-0.2, 0) is 14.3 Å². The quantitative estimate of drug-likeness (QED) is 0.564. The van der Waals surface area contributed by atoms with Crippen molar-refractivity contribution in [1.82, 2.24) is 0 Å². The minimum absolute atomic E-state index is 0.342. The van der Waals surface area contributed by atoms with Gasteiger partial charge in [0.1, 0.15) is 5.54 Å². The Bertz CT molecular complexity index is 227. The van der Waals surface area contributed by atoms with Crippen LogP contribution >= 0.6 is 11.8 Å². The predicted octanol–water partition coefficient (Wildman–Crippen LogP) is 1.18. The molecule has 0 bridgehead atoms. The van der Waals surface area contributed by atoms with E-state index in [2.05, 4.69) is 4.74 Å². The third-order valence-corrected chi connectivity index (χ3v) is 3.85. The fraction of sp³-hybridized carbons (Fsp3) is 0.909. The van der Waals surface area contributed by atoms with E-state index in [4.69, 9.17) is 10.5 Å². The minimum atomic E-state index is -0.863. The van der Waals surface area contributed by atoms with Gasteiger partial charge in [0.25, 0.3) is 0 Å². The third-order valence-electron chi connectivity index (χ3n) is 2.75. The first-order chi connectivity index (χ1) is 7.56. The van der Waals surface area contributed by atoms with Crippen molar-refractivity contribution in [1.29, 1.82) is 0 Å². The van der Waals surface area contributed by atoms with E-state index in [1.807, 2.05) is 0 Å². The second kappa shape index (κ2) is 6.47. The maximum absolute atomic E-state index is 11.3. The summed E-state index contributed by atoms with van der Waals surface area (Å²) in [6, 6.07) is 0. The maximum Gasteiger partial charge on any atom is 0.325 e. The van der Waals surface area contributed by atoms with Crippen molar-refractivity contribution in [3.8, 4) is 0 Å². The summed E-state index contributed by atoms with van der Waals surface area (Å²) in [5.74, 6) is 1.52. The molecule has 0 aromatic carbocycles. The average molecular weight is 247 g/mol. The predicted molar refractivity (Wildman–Crippen MR) is 65.5 cm³/mol. The smallest absolute Gasteiger partial charge is 0.325 e. The minimum Gasteiger partial charge on any atom is -0.468 e. The molecule has 2 unspecified atom stereocenters. The van der Waals surface area contributed by atoms with Gasteiger partial charge in [0, 0.05) is 12.4 Å². The van der Waals surface area contributed by atoms with Crippen LogP contribution in [0.3, 0.4) is 0 Å². The molecule has 1 saturated heterocycles. The van der Waals surface area contributed by atoms with Crippen molar-refractivity contribution in [2.24, 2.45) is 5.73 Å². The van der Waals surface area contributed by atoms with Crippen LogP contribution in [0.5, 0.6) is 0 Å². The second-order valence-corrected chi connectivity index (χ2v) is 5.52. The number of hydrogen-bond acceptors (Lipinski definition) is 5. The Kier molecular flexibility index (Phi) is 5.58. The second-order valence-electron chi connectivity index (χ2n) is 4.37. The topological polar surface area (TPSA) is 61.5 Å². The molecule has 1 rings (SSSR count). The number of hydrogen-bond donors (Lipinski definition) is 1. The number of carbonyl (C=O) groups is 1. The van der Waals surface area contributed by atoms with Crippen molar-refractivity contribution in [3.05, 3.63) is 0 Å². The van der Waals surface area contributed by atoms with Gasteiger partial charge in [-0.15, -0.1) is 0 Å². The van der Waals surface area contributed by atoms with Gasteiger partial charge in [-0.2, -0.15) is 11.8 Å². The molecule has 0 aromatic heterocycles. The average Bonchev–Trinajstić information content (AvgIpc) is 2.76. The van der Waals surface area contributed by atoms with Gasteiger partial charge in [0.05, 0.1) is 13.2 Å². The zero-order chi connectivity index (χ0) is 12.0. The van der Waals surface area contributed by atoms with Crippen LogP contribution < -0.4 is 5.73 Å². The molecule has 1 aliphatic rings. The maximum atomic E-state index is 11.3. The molecule has 5 heteroatoms. The summed E-state index contributed by atoms with van der Waals surface area (Å²) in [5, 5.41) is 0.